The molecule has 1 saturated carbocycles. The molecule has 146 valence electrons. The van der Waals surface area contributed by atoms with Crippen molar-refractivity contribution in [1.29, 1.82) is 0 Å². The SMILES string of the molecule is COC(=O)/C=C/CN1CC2(CCC(Oc3ccc4c(n3)NCCC4)CC2)C1. The summed E-state index contributed by atoms with van der Waals surface area (Å²) in [5.41, 5.74) is 1.75. The van der Waals surface area contributed by atoms with E-state index < -0.39 is 0 Å². The fourth-order valence-corrected chi connectivity index (χ4v) is 4.58. The number of pyridine rings is 1. The van der Waals surface area contributed by atoms with Crippen molar-refractivity contribution in [3.05, 3.63) is 29.8 Å². The molecule has 1 spiro atoms. The molecule has 2 aliphatic heterocycles. The summed E-state index contributed by atoms with van der Waals surface area (Å²) in [5.74, 6) is 1.47. The summed E-state index contributed by atoms with van der Waals surface area (Å²) in [6.45, 7) is 4.06. The van der Waals surface area contributed by atoms with E-state index in [9.17, 15) is 4.79 Å². The number of nitrogens with zero attached hydrogens (tertiary/aromatic N) is 2. The van der Waals surface area contributed by atoms with Gasteiger partial charge in [0.2, 0.25) is 5.88 Å². The van der Waals surface area contributed by atoms with E-state index in [0.717, 1.165) is 57.1 Å². The summed E-state index contributed by atoms with van der Waals surface area (Å²) >= 11 is 0. The molecule has 0 bridgehead atoms. The number of fused-ring (bicyclic) bond motifs is 1. The fourth-order valence-electron chi connectivity index (χ4n) is 4.58. The standard InChI is InChI=1S/C21H29N3O3/c1-26-19(25)5-3-13-24-14-21(15-24)10-8-17(9-11-21)27-18-7-6-16-4-2-12-22-20(16)23-18/h3,5-7,17H,2,4,8-15H2,1H3,(H,22,23)/b5-3+. The molecule has 0 radical (unpaired) electrons. The number of aryl methyl sites for hydroxylation is 1. The molecule has 0 amide bonds. The first-order valence-electron chi connectivity index (χ1n) is 10.0. The number of hydrogen-bond acceptors (Lipinski definition) is 6. The van der Waals surface area contributed by atoms with Gasteiger partial charge >= 0.3 is 5.97 Å². The zero-order valence-electron chi connectivity index (χ0n) is 16.1. The minimum atomic E-state index is -0.283. The Kier molecular flexibility index (Phi) is 5.34. The number of methoxy groups -OCH3 is 1. The number of likely N-dealkylation sites (tertiary alicyclic amines) is 1. The molecule has 3 aliphatic rings. The van der Waals surface area contributed by atoms with Crippen LogP contribution in [0.5, 0.6) is 5.88 Å². The monoisotopic (exact) mass is 371 g/mol. The van der Waals surface area contributed by atoms with Crippen LogP contribution in [0, 0.1) is 5.41 Å². The molecule has 0 atom stereocenters. The number of hydrogen-bond donors (Lipinski definition) is 1. The maximum absolute atomic E-state index is 11.1. The molecule has 1 saturated heterocycles. The fraction of sp³-hybridized carbons (Fsp3) is 0.619. The molecule has 1 aromatic rings. The molecule has 1 aliphatic carbocycles. The van der Waals surface area contributed by atoms with Crippen molar-refractivity contribution in [3.8, 4) is 5.88 Å². The first kappa shape index (κ1) is 18.3. The second-order valence-electron chi connectivity index (χ2n) is 8.10. The molecule has 6 nitrogen and oxygen atoms in total. The maximum atomic E-state index is 11.1. The van der Waals surface area contributed by atoms with Crippen LogP contribution in [-0.4, -0.2) is 55.2 Å². The number of anilines is 1. The highest BCUT2D eigenvalue weighted by Crippen LogP contribution is 2.44. The van der Waals surface area contributed by atoms with Gasteiger partial charge in [-0.15, -0.1) is 0 Å². The number of carbonyl (C=O) groups excluding carboxylic acids is 1. The number of ether oxygens (including phenoxy) is 2. The van der Waals surface area contributed by atoms with E-state index in [2.05, 4.69) is 26.0 Å². The number of rotatable bonds is 5. The van der Waals surface area contributed by atoms with Gasteiger partial charge in [0.1, 0.15) is 11.9 Å². The average Bonchev–Trinajstić information content (AvgIpc) is 2.67. The zero-order valence-corrected chi connectivity index (χ0v) is 16.1. The van der Waals surface area contributed by atoms with Crippen molar-refractivity contribution in [3.63, 3.8) is 0 Å². The topological polar surface area (TPSA) is 63.7 Å². The van der Waals surface area contributed by atoms with Gasteiger partial charge in [0.15, 0.2) is 0 Å². The average molecular weight is 371 g/mol. The minimum absolute atomic E-state index is 0.276. The lowest BCUT2D eigenvalue weighted by Crippen LogP contribution is -2.58. The molecule has 0 unspecified atom stereocenters. The molecular weight excluding hydrogens is 342 g/mol. The van der Waals surface area contributed by atoms with Crippen LogP contribution in [0.15, 0.2) is 24.3 Å². The second kappa shape index (κ2) is 7.89. The third-order valence-corrected chi connectivity index (χ3v) is 6.09. The minimum Gasteiger partial charge on any atom is -0.474 e. The van der Waals surface area contributed by atoms with Crippen molar-refractivity contribution < 1.29 is 14.3 Å². The summed E-state index contributed by atoms with van der Waals surface area (Å²) < 4.78 is 10.8. The Morgan fingerprint density at radius 2 is 2.19 bits per heavy atom. The predicted octanol–water partition coefficient (Wildman–Crippen LogP) is 2.79. The molecule has 1 N–H and O–H groups in total. The number of nitrogens with one attached hydrogen (secondary N) is 1. The highest BCUT2D eigenvalue weighted by Gasteiger charge is 2.44. The molecule has 4 rings (SSSR count). The summed E-state index contributed by atoms with van der Waals surface area (Å²) in [7, 11) is 1.40. The van der Waals surface area contributed by atoms with Crippen LogP contribution in [0.25, 0.3) is 0 Å². The molecule has 1 aromatic heterocycles. The Bertz CT molecular complexity index is 703. The highest BCUT2D eigenvalue weighted by atomic mass is 16.5. The van der Waals surface area contributed by atoms with Crippen LogP contribution in [0.3, 0.4) is 0 Å². The Hall–Kier alpha value is -2.08. The number of esters is 1. The van der Waals surface area contributed by atoms with E-state index in [1.807, 2.05) is 12.1 Å². The van der Waals surface area contributed by atoms with Gasteiger partial charge < -0.3 is 14.8 Å². The molecule has 2 fully saturated rings. The molecule has 6 heteroatoms. The highest BCUT2D eigenvalue weighted by molar-refractivity contribution is 5.81. The Labute approximate surface area is 160 Å². The normalized spacial score (nSPS) is 22.1. The van der Waals surface area contributed by atoms with Gasteiger partial charge in [0.05, 0.1) is 7.11 Å². The predicted molar refractivity (Wildman–Crippen MR) is 104 cm³/mol. The lowest BCUT2D eigenvalue weighted by molar-refractivity contribution is -0.134. The van der Waals surface area contributed by atoms with E-state index in [4.69, 9.17) is 4.74 Å². The van der Waals surface area contributed by atoms with Gasteiger partial charge in [0.25, 0.3) is 0 Å². The Balaban J connectivity index is 1.22. The van der Waals surface area contributed by atoms with Crippen molar-refractivity contribution >= 4 is 11.8 Å². The smallest absolute Gasteiger partial charge is 0.330 e. The van der Waals surface area contributed by atoms with E-state index in [1.165, 1.54) is 38.0 Å². The maximum Gasteiger partial charge on any atom is 0.330 e. The zero-order chi connectivity index (χ0) is 18.7. The lowest BCUT2D eigenvalue weighted by Gasteiger charge is -2.53. The van der Waals surface area contributed by atoms with Gasteiger partial charge in [0, 0.05) is 38.3 Å². The van der Waals surface area contributed by atoms with Gasteiger partial charge in [-0.1, -0.05) is 6.08 Å². The lowest BCUT2D eigenvalue weighted by atomic mass is 9.68. The van der Waals surface area contributed by atoms with E-state index in [0.29, 0.717) is 5.41 Å². The quantitative estimate of drug-likeness (QED) is 0.634. The van der Waals surface area contributed by atoms with Gasteiger partial charge in [-0.05, 0) is 55.6 Å². The molecule has 27 heavy (non-hydrogen) atoms. The van der Waals surface area contributed by atoms with Gasteiger partial charge in [-0.2, -0.15) is 4.98 Å². The largest absolute Gasteiger partial charge is 0.474 e. The molecular formula is C21H29N3O3. The van der Waals surface area contributed by atoms with E-state index >= 15 is 0 Å². The van der Waals surface area contributed by atoms with Crippen LogP contribution in [0.1, 0.15) is 37.7 Å². The third kappa shape index (κ3) is 4.26. The van der Waals surface area contributed by atoms with E-state index in [-0.39, 0.29) is 12.1 Å². The first-order valence-corrected chi connectivity index (χ1v) is 10.0. The van der Waals surface area contributed by atoms with Crippen molar-refractivity contribution in [2.45, 2.75) is 44.6 Å². The first-order chi connectivity index (χ1) is 13.2. The number of aromatic nitrogens is 1. The van der Waals surface area contributed by atoms with Gasteiger partial charge in [-0.25, -0.2) is 4.79 Å². The van der Waals surface area contributed by atoms with Crippen LogP contribution >= 0.6 is 0 Å². The van der Waals surface area contributed by atoms with Crippen LogP contribution in [0.4, 0.5) is 5.82 Å². The van der Waals surface area contributed by atoms with Crippen LogP contribution < -0.4 is 10.1 Å². The van der Waals surface area contributed by atoms with Crippen molar-refractivity contribution in [2.75, 3.05) is 38.6 Å². The van der Waals surface area contributed by atoms with Crippen LogP contribution in [-0.2, 0) is 16.0 Å². The molecule has 0 aromatic carbocycles. The third-order valence-electron chi connectivity index (χ3n) is 6.09. The summed E-state index contributed by atoms with van der Waals surface area (Å²) in [6, 6.07) is 4.18. The van der Waals surface area contributed by atoms with Crippen molar-refractivity contribution in [1.82, 2.24) is 9.88 Å². The summed E-state index contributed by atoms with van der Waals surface area (Å²) in [4.78, 5) is 18.2. The van der Waals surface area contributed by atoms with Crippen LogP contribution in [0.2, 0.25) is 0 Å². The molecule has 3 heterocycles. The Morgan fingerprint density at radius 3 is 2.96 bits per heavy atom. The van der Waals surface area contributed by atoms with E-state index in [1.54, 1.807) is 0 Å². The van der Waals surface area contributed by atoms with Gasteiger partial charge in [-0.3, -0.25) is 4.90 Å². The summed E-state index contributed by atoms with van der Waals surface area (Å²) in [6.07, 6.45) is 10.6. The summed E-state index contributed by atoms with van der Waals surface area (Å²) in [5, 5.41) is 3.37. The number of carbonyl (C=O) groups is 1. The second-order valence-corrected chi connectivity index (χ2v) is 8.10. The Morgan fingerprint density at radius 1 is 1.37 bits per heavy atom. The van der Waals surface area contributed by atoms with Crippen molar-refractivity contribution in [2.24, 2.45) is 5.41 Å².